The molecule has 0 bridgehead atoms. The van der Waals surface area contributed by atoms with Crippen LogP contribution in [-0.4, -0.2) is 40.9 Å². The highest BCUT2D eigenvalue weighted by Gasteiger charge is 2.43. The van der Waals surface area contributed by atoms with Crippen LogP contribution in [0.25, 0.3) is 0 Å². The Hall–Kier alpha value is -2.89. The molecule has 1 aromatic carbocycles. The molecule has 1 aromatic heterocycles. The average molecular weight is 422 g/mol. The Balaban J connectivity index is 1.41. The summed E-state index contributed by atoms with van der Waals surface area (Å²) in [5.41, 5.74) is 1.33. The van der Waals surface area contributed by atoms with Crippen molar-refractivity contribution in [3.05, 3.63) is 59.8 Å². The molecule has 2 heterocycles. The van der Waals surface area contributed by atoms with E-state index in [1.54, 1.807) is 13.1 Å². The van der Waals surface area contributed by atoms with Crippen LogP contribution in [0, 0.1) is 0 Å². The third-order valence-electron chi connectivity index (χ3n) is 6.66. The standard InChI is InChI=1S/C25H31N3O3/c1-19(29)28-15-13-25(14-16-28,21-7-3-2-4-8-21)24(30)27-18-20-11-12-23(26-17-20)31-22-9-5-6-10-22/h2-4,7-8,11-12,17,22H,5-6,9-10,13-16,18H2,1H3,(H,27,30). The zero-order valence-electron chi connectivity index (χ0n) is 18.2. The maximum Gasteiger partial charge on any atom is 0.231 e. The SMILES string of the molecule is CC(=O)N1CCC(C(=O)NCc2ccc(OC3CCCC3)nc2)(c2ccccc2)CC1. The molecule has 164 valence electrons. The van der Waals surface area contributed by atoms with Crippen LogP contribution >= 0.6 is 0 Å². The fourth-order valence-electron chi connectivity index (χ4n) is 4.72. The fraction of sp³-hybridized carbons (Fsp3) is 0.480. The van der Waals surface area contributed by atoms with E-state index < -0.39 is 5.41 Å². The van der Waals surface area contributed by atoms with Gasteiger partial charge in [-0.3, -0.25) is 9.59 Å². The molecule has 6 nitrogen and oxygen atoms in total. The molecule has 31 heavy (non-hydrogen) atoms. The molecule has 6 heteroatoms. The average Bonchev–Trinajstić information content (AvgIpc) is 3.32. The Bertz CT molecular complexity index is 884. The second-order valence-corrected chi connectivity index (χ2v) is 8.67. The molecule has 2 fully saturated rings. The highest BCUT2D eigenvalue weighted by atomic mass is 16.5. The highest BCUT2D eigenvalue weighted by molar-refractivity contribution is 5.88. The second kappa shape index (κ2) is 9.50. The molecule has 1 saturated carbocycles. The molecule has 0 spiro atoms. The van der Waals surface area contributed by atoms with Crippen LogP contribution in [0.1, 0.15) is 56.6 Å². The number of carbonyl (C=O) groups excluding carboxylic acids is 2. The van der Waals surface area contributed by atoms with Gasteiger partial charge in [0, 0.05) is 38.8 Å². The van der Waals surface area contributed by atoms with Crippen molar-refractivity contribution in [2.45, 2.75) is 63.5 Å². The maximum absolute atomic E-state index is 13.4. The number of hydrogen-bond donors (Lipinski definition) is 1. The van der Waals surface area contributed by atoms with Crippen LogP contribution in [0.15, 0.2) is 48.7 Å². The lowest BCUT2D eigenvalue weighted by atomic mass is 9.72. The van der Waals surface area contributed by atoms with E-state index in [2.05, 4.69) is 10.3 Å². The molecule has 2 amide bonds. The third kappa shape index (κ3) is 4.89. The van der Waals surface area contributed by atoms with Crippen LogP contribution in [0.4, 0.5) is 0 Å². The van der Waals surface area contributed by atoms with Gasteiger partial charge in [0.2, 0.25) is 17.7 Å². The fourth-order valence-corrected chi connectivity index (χ4v) is 4.72. The predicted molar refractivity (Wildman–Crippen MR) is 119 cm³/mol. The van der Waals surface area contributed by atoms with Gasteiger partial charge >= 0.3 is 0 Å². The number of benzene rings is 1. The quantitative estimate of drug-likeness (QED) is 0.774. The van der Waals surface area contributed by atoms with E-state index in [1.807, 2.05) is 47.4 Å². The number of hydrogen-bond acceptors (Lipinski definition) is 4. The molecule has 4 rings (SSSR count). The zero-order valence-corrected chi connectivity index (χ0v) is 18.2. The summed E-state index contributed by atoms with van der Waals surface area (Å²) in [5.74, 6) is 0.723. The largest absolute Gasteiger partial charge is 0.474 e. The van der Waals surface area contributed by atoms with Gasteiger partial charge in [0.05, 0.1) is 5.41 Å². The lowest BCUT2D eigenvalue weighted by Gasteiger charge is -2.40. The van der Waals surface area contributed by atoms with Crippen LogP contribution in [0.3, 0.4) is 0 Å². The molecule has 1 aliphatic carbocycles. The van der Waals surface area contributed by atoms with Crippen molar-refractivity contribution in [3.63, 3.8) is 0 Å². The van der Waals surface area contributed by atoms with Gasteiger partial charge in [0.15, 0.2) is 0 Å². The molecule has 0 atom stereocenters. The number of likely N-dealkylation sites (tertiary alicyclic amines) is 1. The first-order valence-corrected chi connectivity index (χ1v) is 11.3. The highest BCUT2D eigenvalue weighted by Crippen LogP contribution is 2.36. The summed E-state index contributed by atoms with van der Waals surface area (Å²) in [4.78, 5) is 31.4. The van der Waals surface area contributed by atoms with E-state index in [4.69, 9.17) is 4.74 Å². The topological polar surface area (TPSA) is 71.5 Å². The Morgan fingerprint density at radius 3 is 2.42 bits per heavy atom. The molecule has 2 aromatic rings. The third-order valence-corrected chi connectivity index (χ3v) is 6.66. The molecule has 1 N–H and O–H groups in total. The minimum atomic E-state index is -0.619. The van der Waals surface area contributed by atoms with Crippen LogP contribution < -0.4 is 10.1 Å². The van der Waals surface area contributed by atoms with E-state index in [0.717, 1.165) is 24.0 Å². The molecule has 2 aliphatic rings. The number of nitrogens with one attached hydrogen (secondary N) is 1. The summed E-state index contributed by atoms with van der Waals surface area (Å²) in [5, 5.41) is 3.12. The lowest BCUT2D eigenvalue weighted by Crippen LogP contribution is -2.52. The molecular weight excluding hydrogens is 390 g/mol. The molecule has 1 saturated heterocycles. The Morgan fingerprint density at radius 2 is 1.81 bits per heavy atom. The van der Waals surface area contributed by atoms with E-state index in [1.165, 1.54) is 12.8 Å². The van der Waals surface area contributed by atoms with Crippen molar-refractivity contribution >= 4 is 11.8 Å². The number of piperidine rings is 1. The van der Waals surface area contributed by atoms with Crippen molar-refractivity contribution in [2.75, 3.05) is 13.1 Å². The Kier molecular flexibility index (Phi) is 6.54. The van der Waals surface area contributed by atoms with Crippen LogP contribution in [-0.2, 0) is 21.5 Å². The first-order valence-electron chi connectivity index (χ1n) is 11.3. The van der Waals surface area contributed by atoms with Gasteiger partial charge in [-0.25, -0.2) is 4.98 Å². The monoisotopic (exact) mass is 421 g/mol. The van der Waals surface area contributed by atoms with Gasteiger partial charge in [-0.1, -0.05) is 36.4 Å². The molecule has 0 radical (unpaired) electrons. The molecular formula is C25H31N3O3. The number of rotatable bonds is 6. The van der Waals surface area contributed by atoms with Crippen molar-refractivity contribution in [2.24, 2.45) is 0 Å². The van der Waals surface area contributed by atoms with Gasteiger partial charge in [-0.15, -0.1) is 0 Å². The predicted octanol–water partition coefficient (Wildman–Crippen LogP) is 3.60. The smallest absolute Gasteiger partial charge is 0.231 e. The Labute approximate surface area is 184 Å². The number of carbonyl (C=O) groups is 2. The number of ether oxygens (including phenoxy) is 1. The summed E-state index contributed by atoms with van der Waals surface area (Å²) in [7, 11) is 0. The summed E-state index contributed by atoms with van der Waals surface area (Å²) in [6.45, 7) is 3.18. The lowest BCUT2D eigenvalue weighted by molar-refractivity contribution is -0.135. The normalized spacial score (nSPS) is 18.5. The first kappa shape index (κ1) is 21.3. The summed E-state index contributed by atoms with van der Waals surface area (Å²) < 4.78 is 5.92. The summed E-state index contributed by atoms with van der Waals surface area (Å²) in [6, 6.07) is 13.8. The van der Waals surface area contributed by atoms with Crippen molar-refractivity contribution in [1.29, 1.82) is 0 Å². The minimum absolute atomic E-state index is 0.00758. The van der Waals surface area contributed by atoms with Crippen molar-refractivity contribution in [3.8, 4) is 5.88 Å². The van der Waals surface area contributed by atoms with Gasteiger partial charge in [-0.2, -0.15) is 0 Å². The zero-order chi connectivity index (χ0) is 21.7. The van der Waals surface area contributed by atoms with Crippen molar-refractivity contribution in [1.82, 2.24) is 15.2 Å². The van der Waals surface area contributed by atoms with E-state index in [0.29, 0.717) is 38.4 Å². The van der Waals surface area contributed by atoms with Crippen molar-refractivity contribution < 1.29 is 14.3 Å². The van der Waals surface area contributed by atoms with Gasteiger partial charge in [0.25, 0.3) is 0 Å². The minimum Gasteiger partial charge on any atom is -0.474 e. The van der Waals surface area contributed by atoms with E-state index in [-0.39, 0.29) is 17.9 Å². The number of aromatic nitrogens is 1. The van der Waals surface area contributed by atoms with Gasteiger partial charge in [0.1, 0.15) is 6.10 Å². The van der Waals surface area contributed by atoms with Gasteiger partial charge in [-0.05, 0) is 49.7 Å². The van der Waals surface area contributed by atoms with E-state index >= 15 is 0 Å². The second-order valence-electron chi connectivity index (χ2n) is 8.67. The molecule has 1 aliphatic heterocycles. The number of amides is 2. The van der Waals surface area contributed by atoms with Gasteiger partial charge < -0.3 is 15.0 Å². The number of nitrogens with zero attached hydrogens (tertiary/aromatic N) is 2. The summed E-state index contributed by atoms with van der Waals surface area (Å²) in [6.07, 6.45) is 7.95. The summed E-state index contributed by atoms with van der Waals surface area (Å²) >= 11 is 0. The Morgan fingerprint density at radius 1 is 1.10 bits per heavy atom. The molecule has 0 unspecified atom stereocenters. The van der Waals surface area contributed by atoms with Crippen LogP contribution in [0.2, 0.25) is 0 Å². The maximum atomic E-state index is 13.4. The van der Waals surface area contributed by atoms with E-state index in [9.17, 15) is 9.59 Å². The first-order chi connectivity index (χ1) is 15.1. The number of pyridine rings is 1. The van der Waals surface area contributed by atoms with Crippen LogP contribution in [0.5, 0.6) is 5.88 Å².